The fourth-order valence-electron chi connectivity index (χ4n) is 3.84. The number of hydrogen-bond donors (Lipinski definition) is 4. The van der Waals surface area contributed by atoms with Gasteiger partial charge in [-0.25, -0.2) is 14.4 Å². The summed E-state index contributed by atoms with van der Waals surface area (Å²) in [5.74, 6) is -0.0584. The summed E-state index contributed by atoms with van der Waals surface area (Å²) in [5.41, 5.74) is 7.56. The Balaban J connectivity index is 1.47. The Morgan fingerprint density at radius 3 is 2.74 bits per heavy atom. The zero-order valence-corrected chi connectivity index (χ0v) is 20.5. The first-order valence-corrected chi connectivity index (χ1v) is 12.5. The topological polar surface area (TPSA) is 112 Å². The van der Waals surface area contributed by atoms with Gasteiger partial charge in [0.15, 0.2) is 5.13 Å². The molecule has 0 bridgehead atoms. The number of nitrogens with one attached hydrogen (secondary N) is 3. The molecule has 0 radical (unpaired) electrons. The lowest BCUT2D eigenvalue weighted by molar-refractivity contribution is 0.256. The van der Waals surface area contributed by atoms with Crippen LogP contribution in [-0.2, 0) is 6.54 Å². The van der Waals surface area contributed by atoms with Crippen LogP contribution in [0.15, 0.2) is 53.5 Å². The van der Waals surface area contributed by atoms with E-state index in [9.17, 15) is 9.18 Å². The van der Waals surface area contributed by atoms with Crippen molar-refractivity contribution >= 4 is 32.6 Å². The smallest absolute Gasteiger partial charge is 0.260 e. The van der Waals surface area contributed by atoms with Crippen molar-refractivity contribution in [2.45, 2.75) is 19.4 Å². The largest absolute Gasteiger partial charge is 0.330 e. The fraction of sp³-hybridized carbons (Fsp3) is 0.320. The second kappa shape index (κ2) is 12.0. The van der Waals surface area contributed by atoms with E-state index in [0.717, 1.165) is 42.7 Å². The van der Waals surface area contributed by atoms with E-state index in [-0.39, 0.29) is 17.3 Å². The monoisotopic (exact) mass is 495 g/mol. The third kappa shape index (κ3) is 6.49. The highest BCUT2D eigenvalue weighted by Gasteiger charge is 2.13. The number of nitrogens with two attached hydrogens (primary N) is 1. The summed E-state index contributed by atoms with van der Waals surface area (Å²) in [4.78, 5) is 26.5. The molecule has 2 heterocycles. The molecule has 0 aliphatic heterocycles. The number of rotatable bonds is 12. The predicted octanol–water partition coefficient (Wildman–Crippen LogP) is 3.69. The molecular formula is C25H30FN7OS. The molecule has 0 aliphatic carbocycles. The molecule has 8 nitrogen and oxygen atoms in total. The van der Waals surface area contributed by atoms with Crippen LogP contribution in [0.4, 0.5) is 15.5 Å². The van der Waals surface area contributed by atoms with Gasteiger partial charge in [-0.3, -0.25) is 14.7 Å². The molecule has 0 atom stereocenters. The standard InChI is InChI=1S/C25H30FN7OS/c1-28-11-5-13-33(12-4-10-27)16-18-9-8-17(14-20(18)26)19-15-29-24(31-23(19)34)32-25-30-21-6-2-3-7-22(21)35-25/h2-3,6-9,14-15,28H,4-5,10-13,16,27H2,1H3,(H2,29,30,31,32,34). The maximum Gasteiger partial charge on any atom is 0.260 e. The number of hydrogen-bond acceptors (Lipinski definition) is 8. The SMILES string of the molecule is CNCCCN(CCCN)Cc1ccc(-c2cnc(Nc3nc4ccccc4s3)[nH]c2=O)cc1F. The van der Waals surface area contributed by atoms with E-state index in [1.54, 1.807) is 12.1 Å². The van der Waals surface area contributed by atoms with Crippen LogP contribution in [0.3, 0.4) is 0 Å². The van der Waals surface area contributed by atoms with Crippen LogP contribution in [0.25, 0.3) is 21.3 Å². The molecular weight excluding hydrogens is 465 g/mol. The molecule has 0 amide bonds. The number of halogens is 1. The van der Waals surface area contributed by atoms with E-state index in [4.69, 9.17) is 5.73 Å². The molecule has 0 unspecified atom stereocenters. The Morgan fingerprint density at radius 1 is 1.17 bits per heavy atom. The van der Waals surface area contributed by atoms with Crippen molar-refractivity contribution in [3.05, 3.63) is 70.4 Å². The van der Waals surface area contributed by atoms with Gasteiger partial charge in [-0.1, -0.05) is 35.6 Å². The van der Waals surface area contributed by atoms with Gasteiger partial charge in [0.1, 0.15) is 5.82 Å². The van der Waals surface area contributed by atoms with Crippen molar-refractivity contribution in [3.8, 4) is 11.1 Å². The quantitative estimate of drug-likeness (QED) is 0.222. The van der Waals surface area contributed by atoms with E-state index in [2.05, 4.69) is 30.5 Å². The molecule has 184 valence electrons. The lowest BCUT2D eigenvalue weighted by atomic mass is 10.1. The van der Waals surface area contributed by atoms with Crippen molar-refractivity contribution in [1.29, 1.82) is 0 Å². The van der Waals surface area contributed by atoms with Crippen LogP contribution < -0.4 is 21.9 Å². The summed E-state index contributed by atoms with van der Waals surface area (Å²) in [6, 6.07) is 12.7. The Labute approximate surface area is 207 Å². The summed E-state index contributed by atoms with van der Waals surface area (Å²) in [6.07, 6.45) is 3.28. The number of fused-ring (bicyclic) bond motifs is 1. The van der Waals surface area contributed by atoms with Crippen LogP contribution in [-0.4, -0.2) is 53.1 Å². The highest BCUT2D eigenvalue weighted by atomic mass is 32.1. The van der Waals surface area contributed by atoms with Gasteiger partial charge in [-0.05, 0) is 69.8 Å². The molecule has 0 aliphatic rings. The second-order valence-corrected chi connectivity index (χ2v) is 9.30. The number of thiazole rings is 1. The molecule has 0 fully saturated rings. The lowest BCUT2D eigenvalue weighted by Gasteiger charge is -2.22. The minimum absolute atomic E-state index is 0.284. The van der Waals surface area contributed by atoms with Crippen molar-refractivity contribution < 1.29 is 4.39 Å². The van der Waals surface area contributed by atoms with Crippen molar-refractivity contribution in [2.24, 2.45) is 5.73 Å². The fourth-order valence-corrected chi connectivity index (χ4v) is 4.70. The third-order valence-electron chi connectivity index (χ3n) is 5.66. The third-order valence-corrected chi connectivity index (χ3v) is 6.61. The second-order valence-electron chi connectivity index (χ2n) is 8.27. The number of H-pyrrole nitrogens is 1. The number of aromatic amines is 1. The van der Waals surface area contributed by atoms with Crippen molar-refractivity contribution in [1.82, 2.24) is 25.2 Å². The number of nitrogens with zero attached hydrogens (tertiary/aromatic N) is 3. The average Bonchev–Trinajstić information content (AvgIpc) is 3.26. The number of anilines is 2. The van der Waals surface area contributed by atoms with E-state index in [0.29, 0.717) is 34.9 Å². The summed E-state index contributed by atoms with van der Waals surface area (Å²) in [6.45, 7) is 3.67. The molecule has 5 N–H and O–H groups in total. The van der Waals surface area contributed by atoms with Crippen LogP contribution in [0, 0.1) is 5.82 Å². The highest BCUT2D eigenvalue weighted by molar-refractivity contribution is 7.22. The van der Waals surface area contributed by atoms with Crippen LogP contribution in [0.2, 0.25) is 0 Å². The van der Waals surface area contributed by atoms with Gasteiger partial charge < -0.3 is 16.4 Å². The molecule has 4 rings (SSSR count). The Hall–Kier alpha value is -3.18. The summed E-state index contributed by atoms with van der Waals surface area (Å²) >= 11 is 1.47. The van der Waals surface area contributed by atoms with Crippen molar-refractivity contribution in [2.75, 3.05) is 38.5 Å². The van der Waals surface area contributed by atoms with E-state index in [1.807, 2.05) is 31.3 Å². The minimum atomic E-state index is -0.354. The van der Waals surface area contributed by atoms with Crippen LogP contribution in [0.5, 0.6) is 0 Å². The van der Waals surface area contributed by atoms with E-state index in [1.165, 1.54) is 23.6 Å². The van der Waals surface area contributed by atoms with Gasteiger partial charge in [0.2, 0.25) is 5.95 Å². The predicted molar refractivity (Wildman–Crippen MR) is 141 cm³/mol. The Bertz CT molecular complexity index is 1290. The minimum Gasteiger partial charge on any atom is -0.330 e. The number of benzene rings is 2. The van der Waals surface area contributed by atoms with Gasteiger partial charge in [0.25, 0.3) is 5.56 Å². The maximum absolute atomic E-state index is 15.0. The van der Waals surface area contributed by atoms with Crippen LogP contribution >= 0.6 is 11.3 Å². The number of para-hydroxylation sites is 1. The molecule has 2 aromatic heterocycles. The first kappa shape index (κ1) is 24.9. The van der Waals surface area contributed by atoms with Gasteiger partial charge in [0.05, 0.1) is 15.8 Å². The molecule has 10 heteroatoms. The molecule has 2 aromatic carbocycles. The van der Waals surface area contributed by atoms with Gasteiger partial charge in [-0.15, -0.1) is 0 Å². The number of aromatic nitrogens is 3. The van der Waals surface area contributed by atoms with Gasteiger partial charge in [-0.2, -0.15) is 0 Å². The normalized spacial score (nSPS) is 11.4. The highest BCUT2D eigenvalue weighted by Crippen LogP contribution is 2.27. The summed E-state index contributed by atoms with van der Waals surface area (Å²) in [5, 5.41) is 6.81. The first-order chi connectivity index (χ1) is 17.1. The molecule has 0 spiro atoms. The van der Waals surface area contributed by atoms with Crippen LogP contribution in [0.1, 0.15) is 18.4 Å². The lowest BCUT2D eigenvalue weighted by Crippen LogP contribution is -2.29. The summed E-state index contributed by atoms with van der Waals surface area (Å²) in [7, 11) is 1.92. The molecule has 35 heavy (non-hydrogen) atoms. The Kier molecular flexibility index (Phi) is 8.54. The van der Waals surface area contributed by atoms with E-state index < -0.39 is 0 Å². The van der Waals surface area contributed by atoms with Gasteiger partial charge >= 0.3 is 0 Å². The van der Waals surface area contributed by atoms with Crippen molar-refractivity contribution in [3.63, 3.8) is 0 Å². The average molecular weight is 496 g/mol. The molecule has 4 aromatic rings. The molecule has 0 saturated heterocycles. The van der Waals surface area contributed by atoms with Gasteiger partial charge in [0, 0.05) is 18.3 Å². The zero-order chi connectivity index (χ0) is 24.6. The summed E-state index contributed by atoms with van der Waals surface area (Å²) < 4.78 is 16.0. The first-order valence-electron chi connectivity index (χ1n) is 11.6. The van der Waals surface area contributed by atoms with E-state index >= 15 is 0 Å². The molecule has 0 saturated carbocycles. The Morgan fingerprint density at radius 2 is 2.00 bits per heavy atom. The maximum atomic E-state index is 15.0. The zero-order valence-electron chi connectivity index (χ0n) is 19.7.